The number of rotatable bonds is 5. The topological polar surface area (TPSA) is 86.7 Å². The molecule has 0 aromatic heterocycles. The summed E-state index contributed by atoms with van der Waals surface area (Å²) < 4.78 is 22.8. The number of nitrogens with zero attached hydrogens (tertiary/aromatic N) is 1. The molecule has 7 heteroatoms. The van der Waals surface area contributed by atoms with Gasteiger partial charge in [0, 0.05) is 32.1 Å². The standard InChI is InChI=1S/C10H20N2O4S/c1-2-12(4-5-13)10(14)7-9-8-17(15,16)6-3-11-9/h9,11,13H,2-8H2,1H3. The molecule has 0 aromatic carbocycles. The molecule has 0 radical (unpaired) electrons. The van der Waals surface area contributed by atoms with Gasteiger partial charge >= 0.3 is 0 Å². The summed E-state index contributed by atoms with van der Waals surface area (Å²) >= 11 is 0. The van der Waals surface area contributed by atoms with E-state index < -0.39 is 9.84 Å². The lowest BCUT2D eigenvalue weighted by atomic mass is 10.2. The molecule has 6 nitrogen and oxygen atoms in total. The minimum atomic E-state index is -3.00. The molecule has 0 spiro atoms. The summed E-state index contributed by atoms with van der Waals surface area (Å²) in [6.45, 7) is 2.99. The first kappa shape index (κ1) is 14.4. The number of aliphatic hydroxyl groups excluding tert-OH is 1. The summed E-state index contributed by atoms with van der Waals surface area (Å²) in [7, 11) is -3.00. The smallest absolute Gasteiger partial charge is 0.224 e. The summed E-state index contributed by atoms with van der Waals surface area (Å²) in [6.07, 6.45) is 0.174. The summed E-state index contributed by atoms with van der Waals surface area (Å²) in [5.41, 5.74) is 0. The van der Waals surface area contributed by atoms with E-state index >= 15 is 0 Å². The Hall–Kier alpha value is -0.660. The van der Waals surface area contributed by atoms with Gasteiger partial charge in [0.25, 0.3) is 0 Å². The van der Waals surface area contributed by atoms with Crippen LogP contribution < -0.4 is 5.32 Å². The zero-order valence-electron chi connectivity index (χ0n) is 10.1. The normalized spacial score (nSPS) is 23.3. The van der Waals surface area contributed by atoms with Crippen LogP contribution in [0.15, 0.2) is 0 Å². The molecule has 1 unspecified atom stereocenters. The zero-order valence-corrected chi connectivity index (χ0v) is 10.9. The van der Waals surface area contributed by atoms with Gasteiger partial charge in [0.2, 0.25) is 5.91 Å². The minimum Gasteiger partial charge on any atom is -0.395 e. The molecule has 0 saturated carbocycles. The average Bonchev–Trinajstić information content (AvgIpc) is 2.24. The molecule has 100 valence electrons. The highest BCUT2D eigenvalue weighted by atomic mass is 32.2. The third-order valence-electron chi connectivity index (χ3n) is 2.83. The van der Waals surface area contributed by atoms with Crippen LogP contribution >= 0.6 is 0 Å². The molecular formula is C10H20N2O4S. The third kappa shape index (κ3) is 4.61. The lowest BCUT2D eigenvalue weighted by Crippen LogP contribution is -2.48. The van der Waals surface area contributed by atoms with Crippen LogP contribution in [0.3, 0.4) is 0 Å². The molecule has 1 heterocycles. The molecule has 1 fully saturated rings. The van der Waals surface area contributed by atoms with Crippen molar-refractivity contribution in [2.45, 2.75) is 19.4 Å². The Bertz CT molecular complexity index is 355. The van der Waals surface area contributed by atoms with E-state index in [1.165, 1.54) is 4.90 Å². The molecule has 0 aliphatic carbocycles. The molecule has 1 saturated heterocycles. The molecule has 0 aromatic rings. The maximum Gasteiger partial charge on any atom is 0.224 e. The summed E-state index contributed by atoms with van der Waals surface area (Å²) in [5.74, 6) is 0.0532. The number of hydrogen-bond donors (Lipinski definition) is 2. The lowest BCUT2D eigenvalue weighted by molar-refractivity contribution is -0.131. The first-order valence-electron chi connectivity index (χ1n) is 5.81. The predicted octanol–water partition coefficient (Wildman–Crippen LogP) is -1.40. The number of nitrogens with one attached hydrogen (secondary N) is 1. The van der Waals surface area contributed by atoms with E-state index in [-0.39, 0.29) is 36.5 Å². The Morgan fingerprint density at radius 3 is 2.76 bits per heavy atom. The first-order chi connectivity index (χ1) is 7.98. The molecule has 17 heavy (non-hydrogen) atoms. The van der Waals surface area contributed by atoms with E-state index in [0.29, 0.717) is 19.6 Å². The Kier molecular flexibility index (Phi) is 5.35. The van der Waals surface area contributed by atoms with Gasteiger partial charge in [-0.2, -0.15) is 0 Å². The maximum atomic E-state index is 11.8. The number of carbonyl (C=O) groups is 1. The highest BCUT2D eigenvalue weighted by Crippen LogP contribution is 2.07. The van der Waals surface area contributed by atoms with Crippen molar-refractivity contribution >= 4 is 15.7 Å². The van der Waals surface area contributed by atoms with Gasteiger partial charge in [0.1, 0.15) is 0 Å². The third-order valence-corrected chi connectivity index (χ3v) is 4.56. The Labute approximate surface area is 102 Å². The number of carbonyl (C=O) groups excluding carboxylic acids is 1. The van der Waals surface area contributed by atoms with Crippen molar-refractivity contribution in [3.63, 3.8) is 0 Å². The van der Waals surface area contributed by atoms with Gasteiger partial charge in [-0.1, -0.05) is 0 Å². The number of likely N-dealkylation sites (N-methyl/N-ethyl adjacent to an activating group) is 1. The fraction of sp³-hybridized carbons (Fsp3) is 0.900. The largest absolute Gasteiger partial charge is 0.395 e. The number of aliphatic hydroxyl groups is 1. The van der Waals surface area contributed by atoms with Crippen molar-refractivity contribution in [3.05, 3.63) is 0 Å². The van der Waals surface area contributed by atoms with Crippen LogP contribution in [0.5, 0.6) is 0 Å². The van der Waals surface area contributed by atoms with Crippen LogP contribution in [-0.2, 0) is 14.6 Å². The number of sulfone groups is 1. The molecule has 1 amide bonds. The van der Waals surface area contributed by atoms with Crippen LogP contribution in [0.25, 0.3) is 0 Å². The maximum absolute atomic E-state index is 11.8. The Balaban J connectivity index is 2.50. The van der Waals surface area contributed by atoms with Crippen molar-refractivity contribution in [1.82, 2.24) is 10.2 Å². The summed E-state index contributed by atoms with van der Waals surface area (Å²) in [5, 5.41) is 11.8. The fourth-order valence-electron chi connectivity index (χ4n) is 1.92. The van der Waals surface area contributed by atoms with Gasteiger partial charge in [0.15, 0.2) is 9.84 Å². The quantitative estimate of drug-likeness (QED) is 0.638. The second-order valence-corrected chi connectivity index (χ2v) is 6.40. The van der Waals surface area contributed by atoms with Crippen LogP contribution in [-0.4, -0.2) is 68.1 Å². The van der Waals surface area contributed by atoms with Crippen LogP contribution in [0.4, 0.5) is 0 Å². The van der Waals surface area contributed by atoms with Gasteiger partial charge < -0.3 is 15.3 Å². The van der Waals surface area contributed by atoms with E-state index in [2.05, 4.69) is 5.32 Å². The van der Waals surface area contributed by atoms with Crippen LogP contribution in [0, 0.1) is 0 Å². The van der Waals surface area contributed by atoms with E-state index in [9.17, 15) is 13.2 Å². The number of amides is 1. The summed E-state index contributed by atoms with van der Waals surface area (Å²) in [6, 6.07) is -0.297. The van der Waals surface area contributed by atoms with Gasteiger partial charge in [0.05, 0.1) is 18.1 Å². The lowest BCUT2D eigenvalue weighted by Gasteiger charge is -2.26. The molecule has 1 rings (SSSR count). The van der Waals surface area contributed by atoms with Gasteiger partial charge in [-0.3, -0.25) is 4.79 Å². The zero-order chi connectivity index (χ0) is 12.9. The first-order valence-corrected chi connectivity index (χ1v) is 7.63. The predicted molar refractivity (Wildman–Crippen MR) is 64.4 cm³/mol. The second kappa shape index (κ2) is 6.32. The highest BCUT2D eigenvalue weighted by molar-refractivity contribution is 7.91. The molecule has 2 N–H and O–H groups in total. The van der Waals surface area contributed by atoms with Crippen molar-refractivity contribution in [3.8, 4) is 0 Å². The van der Waals surface area contributed by atoms with Gasteiger partial charge in [-0.05, 0) is 6.92 Å². The monoisotopic (exact) mass is 264 g/mol. The number of hydrogen-bond acceptors (Lipinski definition) is 5. The molecule has 1 atom stereocenters. The van der Waals surface area contributed by atoms with E-state index in [1.54, 1.807) is 0 Å². The second-order valence-electron chi connectivity index (χ2n) is 4.17. The van der Waals surface area contributed by atoms with Crippen LogP contribution in [0.1, 0.15) is 13.3 Å². The molecular weight excluding hydrogens is 244 g/mol. The van der Waals surface area contributed by atoms with E-state index in [0.717, 1.165) is 0 Å². The SMILES string of the molecule is CCN(CCO)C(=O)CC1CS(=O)(=O)CCN1. The van der Waals surface area contributed by atoms with Crippen molar-refractivity contribution < 1.29 is 18.3 Å². The molecule has 1 aliphatic rings. The Morgan fingerprint density at radius 2 is 2.24 bits per heavy atom. The summed E-state index contributed by atoms with van der Waals surface area (Å²) in [4.78, 5) is 13.4. The van der Waals surface area contributed by atoms with Gasteiger partial charge in [-0.15, -0.1) is 0 Å². The average molecular weight is 264 g/mol. The van der Waals surface area contributed by atoms with Crippen LogP contribution in [0.2, 0.25) is 0 Å². The van der Waals surface area contributed by atoms with Crippen molar-refractivity contribution in [2.75, 3.05) is 37.7 Å². The minimum absolute atomic E-state index is 0.0232. The van der Waals surface area contributed by atoms with E-state index in [1.807, 2.05) is 6.92 Å². The molecule has 0 bridgehead atoms. The fourth-order valence-corrected chi connectivity index (χ4v) is 3.36. The Morgan fingerprint density at radius 1 is 1.53 bits per heavy atom. The highest BCUT2D eigenvalue weighted by Gasteiger charge is 2.27. The van der Waals surface area contributed by atoms with Crippen molar-refractivity contribution in [1.29, 1.82) is 0 Å². The van der Waals surface area contributed by atoms with Gasteiger partial charge in [-0.25, -0.2) is 8.42 Å². The van der Waals surface area contributed by atoms with Crippen molar-refractivity contribution in [2.24, 2.45) is 0 Å². The molecule has 1 aliphatic heterocycles. The van der Waals surface area contributed by atoms with E-state index in [4.69, 9.17) is 5.11 Å².